The molecule has 1 aliphatic carbocycles. The van der Waals surface area contributed by atoms with Gasteiger partial charge in [-0.05, 0) is 42.8 Å². The van der Waals surface area contributed by atoms with Crippen molar-refractivity contribution in [1.29, 1.82) is 0 Å². The van der Waals surface area contributed by atoms with Gasteiger partial charge in [-0.25, -0.2) is 9.18 Å². The molecule has 1 heterocycles. The minimum Gasteiger partial charge on any atom is -0.489 e. The van der Waals surface area contributed by atoms with Gasteiger partial charge in [0.15, 0.2) is 5.69 Å². The molecule has 1 aliphatic rings. The van der Waals surface area contributed by atoms with Crippen LogP contribution in [0.5, 0.6) is 5.75 Å². The molecule has 0 bridgehead atoms. The van der Waals surface area contributed by atoms with Gasteiger partial charge in [0, 0.05) is 22.2 Å². The summed E-state index contributed by atoms with van der Waals surface area (Å²) >= 11 is 6.12. The Kier molecular flexibility index (Phi) is 5.65. The molecule has 27 heavy (non-hydrogen) atoms. The van der Waals surface area contributed by atoms with Crippen LogP contribution in [0.4, 0.5) is 4.39 Å². The van der Waals surface area contributed by atoms with Gasteiger partial charge in [-0.1, -0.05) is 30.7 Å². The van der Waals surface area contributed by atoms with Crippen LogP contribution < -0.4 is 4.74 Å². The molecule has 0 radical (unpaired) electrons. The highest BCUT2D eigenvalue weighted by Gasteiger charge is 2.17. The van der Waals surface area contributed by atoms with Crippen molar-refractivity contribution in [2.75, 3.05) is 6.61 Å². The molecule has 0 fully saturated rings. The number of aryl methyl sites for hydroxylation is 1. The lowest BCUT2D eigenvalue weighted by Crippen LogP contribution is -2.14. The Morgan fingerprint density at radius 3 is 2.85 bits per heavy atom. The Balaban J connectivity index is 1.78. The predicted octanol–water partition coefficient (Wildman–Crippen LogP) is 4.44. The number of hydrogen-bond donors (Lipinski definition) is 1. The standard InChI is InChI=1S/C20H20ClFN2O3/c1-12-7-14(3-5-17(12)22)11-27-19-6-4-16(21)9-15(19)10-24-13(2)8-18(23-24)20(25)26/h3-9,12,17H,10-11H2,1-2H3,(H,25,26). The smallest absolute Gasteiger partial charge is 0.356 e. The zero-order valence-electron chi connectivity index (χ0n) is 15.0. The second-order valence-electron chi connectivity index (χ2n) is 6.58. The van der Waals surface area contributed by atoms with E-state index in [0.717, 1.165) is 16.8 Å². The third-order valence-electron chi connectivity index (χ3n) is 4.41. The van der Waals surface area contributed by atoms with Gasteiger partial charge in [0.25, 0.3) is 0 Å². The van der Waals surface area contributed by atoms with Crippen molar-refractivity contribution >= 4 is 17.6 Å². The van der Waals surface area contributed by atoms with Gasteiger partial charge in [0.1, 0.15) is 18.5 Å². The number of ether oxygens (including phenoxy) is 1. The molecule has 5 nitrogen and oxygen atoms in total. The fourth-order valence-electron chi connectivity index (χ4n) is 2.88. The molecule has 0 aliphatic heterocycles. The zero-order chi connectivity index (χ0) is 19.6. The summed E-state index contributed by atoms with van der Waals surface area (Å²) in [6, 6.07) is 6.77. The van der Waals surface area contributed by atoms with Crippen molar-refractivity contribution in [3.8, 4) is 5.75 Å². The van der Waals surface area contributed by atoms with E-state index in [4.69, 9.17) is 21.4 Å². The fourth-order valence-corrected chi connectivity index (χ4v) is 3.08. The van der Waals surface area contributed by atoms with Gasteiger partial charge in [-0.2, -0.15) is 5.10 Å². The molecule has 0 amide bonds. The summed E-state index contributed by atoms with van der Waals surface area (Å²) in [6.45, 7) is 4.24. The van der Waals surface area contributed by atoms with Gasteiger partial charge < -0.3 is 9.84 Å². The minimum absolute atomic E-state index is 0.00995. The highest BCUT2D eigenvalue weighted by molar-refractivity contribution is 6.30. The first-order valence-electron chi connectivity index (χ1n) is 8.55. The van der Waals surface area contributed by atoms with Crippen LogP contribution in [0.3, 0.4) is 0 Å². The summed E-state index contributed by atoms with van der Waals surface area (Å²) in [7, 11) is 0. The number of nitrogens with zero attached hydrogens (tertiary/aromatic N) is 2. The zero-order valence-corrected chi connectivity index (χ0v) is 15.8. The van der Waals surface area contributed by atoms with Crippen LogP contribution in [0.2, 0.25) is 5.02 Å². The van der Waals surface area contributed by atoms with E-state index in [0.29, 0.717) is 23.9 Å². The molecule has 0 saturated heterocycles. The number of carboxylic acid groups (broad SMARTS) is 1. The van der Waals surface area contributed by atoms with Crippen LogP contribution in [0, 0.1) is 12.8 Å². The molecule has 1 aromatic heterocycles. The molecule has 1 N–H and O–H groups in total. The minimum atomic E-state index is -1.07. The number of rotatable bonds is 6. The number of alkyl halides is 1. The van der Waals surface area contributed by atoms with Gasteiger partial charge >= 0.3 is 5.97 Å². The number of benzene rings is 1. The molecule has 0 saturated carbocycles. The van der Waals surface area contributed by atoms with Gasteiger partial charge in [0.2, 0.25) is 0 Å². The molecule has 2 atom stereocenters. The third kappa shape index (κ3) is 4.57. The molecule has 3 rings (SSSR count). The summed E-state index contributed by atoms with van der Waals surface area (Å²) in [6.07, 6.45) is 4.16. The van der Waals surface area contributed by atoms with Crippen molar-refractivity contribution in [1.82, 2.24) is 9.78 Å². The second kappa shape index (κ2) is 7.96. The number of carboxylic acids is 1. The van der Waals surface area contributed by atoms with Crippen LogP contribution in [-0.2, 0) is 6.54 Å². The summed E-state index contributed by atoms with van der Waals surface area (Å²) in [5.74, 6) is -0.634. The van der Waals surface area contributed by atoms with E-state index in [-0.39, 0.29) is 11.6 Å². The monoisotopic (exact) mass is 390 g/mol. The molecule has 1 aromatic carbocycles. The number of aromatic nitrogens is 2. The Morgan fingerprint density at radius 2 is 2.19 bits per heavy atom. The van der Waals surface area contributed by atoms with Gasteiger partial charge in [-0.3, -0.25) is 4.68 Å². The van der Waals surface area contributed by atoms with Crippen LogP contribution in [0.15, 0.2) is 48.1 Å². The van der Waals surface area contributed by atoms with E-state index in [1.54, 1.807) is 35.9 Å². The Bertz CT molecular complexity index is 920. The highest BCUT2D eigenvalue weighted by Crippen LogP contribution is 2.26. The lowest BCUT2D eigenvalue weighted by Gasteiger charge is -2.18. The predicted molar refractivity (Wildman–Crippen MR) is 101 cm³/mol. The molecular formula is C20H20ClFN2O3. The maximum Gasteiger partial charge on any atom is 0.356 e. The van der Waals surface area contributed by atoms with Crippen molar-refractivity contribution in [2.45, 2.75) is 26.6 Å². The van der Waals surface area contributed by atoms with E-state index >= 15 is 0 Å². The van der Waals surface area contributed by atoms with Crippen molar-refractivity contribution < 1.29 is 19.0 Å². The number of aromatic carboxylic acids is 1. The molecule has 2 aromatic rings. The van der Waals surface area contributed by atoms with Crippen molar-refractivity contribution in [3.05, 3.63) is 70.0 Å². The van der Waals surface area contributed by atoms with Crippen LogP contribution in [-0.4, -0.2) is 33.6 Å². The lowest BCUT2D eigenvalue weighted by molar-refractivity contribution is 0.0689. The Hall–Kier alpha value is -2.60. The normalized spacial score (nSPS) is 19.0. The summed E-state index contributed by atoms with van der Waals surface area (Å²) in [5.41, 5.74) is 2.39. The van der Waals surface area contributed by atoms with E-state index < -0.39 is 12.1 Å². The SMILES string of the molecule is Cc1cc(C(=O)O)nn1Cc1cc(Cl)ccc1OCC1=CC(C)C(F)C=C1. The van der Waals surface area contributed by atoms with Crippen LogP contribution >= 0.6 is 11.6 Å². The lowest BCUT2D eigenvalue weighted by atomic mass is 9.97. The van der Waals surface area contributed by atoms with Gasteiger partial charge in [0.05, 0.1) is 6.54 Å². The van der Waals surface area contributed by atoms with Crippen molar-refractivity contribution in [3.63, 3.8) is 0 Å². The Morgan fingerprint density at radius 1 is 1.41 bits per heavy atom. The quantitative estimate of drug-likeness (QED) is 0.791. The van der Waals surface area contributed by atoms with E-state index in [1.807, 2.05) is 13.0 Å². The Labute approximate surface area is 161 Å². The molecule has 142 valence electrons. The van der Waals surface area contributed by atoms with E-state index in [9.17, 15) is 9.18 Å². The highest BCUT2D eigenvalue weighted by atomic mass is 35.5. The number of halogens is 2. The first-order valence-corrected chi connectivity index (χ1v) is 8.93. The molecule has 0 spiro atoms. The fraction of sp³-hybridized carbons (Fsp3) is 0.300. The van der Waals surface area contributed by atoms with Crippen LogP contribution in [0.1, 0.15) is 28.7 Å². The first kappa shape index (κ1) is 19.2. The van der Waals surface area contributed by atoms with Crippen LogP contribution in [0.25, 0.3) is 0 Å². The van der Waals surface area contributed by atoms with Gasteiger partial charge in [-0.15, -0.1) is 0 Å². The largest absolute Gasteiger partial charge is 0.489 e. The second-order valence-corrected chi connectivity index (χ2v) is 7.02. The van der Waals surface area contributed by atoms with E-state index in [2.05, 4.69) is 5.10 Å². The number of carbonyl (C=O) groups is 1. The molecule has 2 unspecified atom stereocenters. The van der Waals surface area contributed by atoms with Crippen molar-refractivity contribution in [2.24, 2.45) is 5.92 Å². The summed E-state index contributed by atoms with van der Waals surface area (Å²) < 4.78 is 21.0. The maximum atomic E-state index is 13.5. The number of allylic oxidation sites excluding steroid dienone is 2. The summed E-state index contributed by atoms with van der Waals surface area (Å²) in [5, 5.41) is 13.7. The van der Waals surface area contributed by atoms with E-state index in [1.165, 1.54) is 12.1 Å². The number of hydrogen-bond acceptors (Lipinski definition) is 3. The molecule has 7 heteroatoms. The molecular weight excluding hydrogens is 371 g/mol. The maximum absolute atomic E-state index is 13.5. The average Bonchev–Trinajstić information content (AvgIpc) is 2.98. The third-order valence-corrected chi connectivity index (χ3v) is 4.65. The topological polar surface area (TPSA) is 64.3 Å². The average molecular weight is 391 g/mol. The summed E-state index contributed by atoms with van der Waals surface area (Å²) in [4.78, 5) is 11.1. The first-order chi connectivity index (χ1) is 12.8.